The molecule has 4 N–H and O–H groups in total. The van der Waals surface area contributed by atoms with Crippen LogP contribution in [0.3, 0.4) is 0 Å². The van der Waals surface area contributed by atoms with Crippen LogP contribution >= 0.6 is 0 Å². The summed E-state index contributed by atoms with van der Waals surface area (Å²) in [5, 5.41) is 10.1. The van der Waals surface area contributed by atoms with E-state index in [4.69, 9.17) is 10.6 Å². The minimum atomic E-state index is -0.279. The van der Waals surface area contributed by atoms with Crippen molar-refractivity contribution < 1.29 is 9.53 Å². The number of hydrazine groups is 1. The molecule has 7 nitrogen and oxygen atoms in total. The first-order valence-corrected chi connectivity index (χ1v) is 5.79. The van der Waals surface area contributed by atoms with Gasteiger partial charge in [0.25, 0.3) is 5.91 Å². The maximum atomic E-state index is 11.6. The molecule has 0 aliphatic rings. The van der Waals surface area contributed by atoms with Crippen LogP contribution in [0.15, 0.2) is 12.1 Å². The predicted octanol–water partition coefficient (Wildman–Crippen LogP) is 0.165. The van der Waals surface area contributed by atoms with Gasteiger partial charge in [0.05, 0.1) is 6.61 Å². The monoisotopic (exact) mass is 253 g/mol. The van der Waals surface area contributed by atoms with E-state index >= 15 is 0 Å². The minimum absolute atomic E-state index is 0.248. The summed E-state index contributed by atoms with van der Waals surface area (Å²) in [7, 11) is 0. The molecule has 0 unspecified atom stereocenters. The molecular formula is C11H19N5O2. The number of nitrogens with one attached hydrogen (secondary N) is 2. The van der Waals surface area contributed by atoms with Gasteiger partial charge in [0.1, 0.15) is 0 Å². The predicted molar refractivity (Wildman–Crippen MR) is 67.8 cm³/mol. The third-order valence-corrected chi connectivity index (χ3v) is 2.03. The summed E-state index contributed by atoms with van der Waals surface area (Å²) >= 11 is 0. The first-order valence-electron chi connectivity index (χ1n) is 5.79. The maximum absolute atomic E-state index is 11.6. The number of nitrogen functional groups attached to an aromatic ring is 1. The highest BCUT2D eigenvalue weighted by molar-refractivity contribution is 5.92. The summed E-state index contributed by atoms with van der Waals surface area (Å²) < 4.78 is 5.34. The van der Waals surface area contributed by atoms with E-state index in [9.17, 15) is 4.79 Å². The lowest BCUT2D eigenvalue weighted by molar-refractivity contribution is 0.0881. The fourth-order valence-electron chi connectivity index (χ4n) is 1.18. The van der Waals surface area contributed by atoms with Crippen molar-refractivity contribution in [1.82, 2.24) is 15.5 Å². The normalized spacial score (nSPS) is 10.4. The van der Waals surface area contributed by atoms with Crippen molar-refractivity contribution in [3.8, 4) is 0 Å². The average Bonchev–Trinajstić information content (AvgIpc) is 2.38. The number of aromatic nitrogens is 2. The number of nitrogens with two attached hydrogens (primary N) is 1. The first kappa shape index (κ1) is 14.3. The zero-order chi connectivity index (χ0) is 13.4. The molecule has 0 saturated carbocycles. The fraction of sp³-hybridized carbons (Fsp3) is 0.545. The topological polar surface area (TPSA) is 102 Å². The minimum Gasteiger partial charge on any atom is -0.379 e. The smallest absolute Gasteiger partial charge is 0.271 e. The Kier molecular flexibility index (Phi) is 6.03. The Hall–Kier alpha value is -1.73. The van der Waals surface area contributed by atoms with Crippen LogP contribution in [0.25, 0.3) is 0 Å². The van der Waals surface area contributed by atoms with Gasteiger partial charge >= 0.3 is 0 Å². The van der Waals surface area contributed by atoms with Crippen molar-refractivity contribution in [2.45, 2.75) is 13.8 Å². The SMILES string of the molecule is CC(C)COCCNC(=O)c1ccc(NN)nn1. The molecule has 0 aromatic carbocycles. The van der Waals surface area contributed by atoms with Crippen LogP contribution in [-0.2, 0) is 4.74 Å². The van der Waals surface area contributed by atoms with Crippen LogP contribution < -0.4 is 16.6 Å². The first-order chi connectivity index (χ1) is 8.63. The van der Waals surface area contributed by atoms with Crippen LogP contribution in [0.1, 0.15) is 24.3 Å². The standard InChI is InChI=1S/C11H19N5O2/c1-8(2)7-18-6-5-13-11(17)9-3-4-10(14-12)16-15-9/h3-4,8H,5-7,12H2,1-2H3,(H,13,17)(H,14,16). The molecule has 0 spiro atoms. The molecule has 1 aromatic rings. The molecular weight excluding hydrogens is 234 g/mol. The van der Waals surface area contributed by atoms with E-state index in [0.717, 1.165) is 0 Å². The molecule has 0 aliphatic carbocycles. The Labute approximate surface area is 106 Å². The third kappa shape index (κ3) is 5.07. The molecule has 18 heavy (non-hydrogen) atoms. The largest absolute Gasteiger partial charge is 0.379 e. The van der Waals surface area contributed by atoms with E-state index in [1.165, 1.54) is 0 Å². The summed E-state index contributed by atoms with van der Waals surface area (Å²) in [5.74, 6) is 5.76. The molecule has 0 aliphatic heterocycles. The lowest BCUT2D eigenvalue weighted by Gasteiger charge is -2.07. The third-order valence-electron chi connectivity index (χ3n) is 2.03. The van der Waals surface area contributed by atoms with Crippen molar-refractivity contribution in [2.24, 2.45) is 11.8 Å². The summed E-state index contributed by atoms with van der Waals surface area (Å²) in [6.07, 6.45) is 0. The molecule has 0 fully saturated rings. The highest BCUT2D eigenvalue weighted by Crippen LogP contribution is 1.99. The summed E-state index contributed by atoms with van der Waals surface area (Å²) in [5.41, 5.74) is 2.59. The summed E-state index contributed by atoms with van der Waals surface area (Å²) in [4.78, 5) is 11.6. The van der Waals surface area contributed by atoms with Gasteiger partial charge in [0.15, 0.2) is 11.5 Å². The van der Waals surface area contributed by atoms with Crippen LogP contribution in [-0.4, -0.2) is 35.9 Å². The highest BCUT2D eigenvalue weighted by Gasteiger charge is 2.07. The van der Waals surface area contributed by atoms with Crippen LogP contribution in [0, 0.1) is 5.92 Å². The van der Waals surface area contributed by atoms with E-state index in [0.29, 0.717) is 31.5 Å². The van der Waals surface area contributed by atoms with Crippen molar-refractivity contribution in [1.29, 1.82) is 0 Å². The van der Waals surface area contributed by atoms with Crippen LogP contribution in [0.5, 0.6) is 0 Å². The highest BCUT2D eigenvalue weighted by atomic mass is 16.5. The van der Waals surface area contributed by atoms with Gasteiger partial charge in [-0.15, -0.1) is 10.2 Å². The maximum Gasteiger partial charge on any atom is 0.271 e. The zero-order valence-electron chi connectivity index (χ0n) is 10.6. The van der Waals surface area contributed by atoms with Gasteiger partial charge in [0.2, 0.25) is 0 Å². The van der Waals surface area contributed by atoms with Gasteiger partial charge in [-0.3, -0.25) is 4.79 Å². The van der Waals surface area contributed by atoms with Gasteiger partial charge in [-0.05, 0) is 18.1 Å². The lowest BCUT2D eigenvalue weighted by atomic mass is 10.2. The molecule has 0 radical (unpaired) electrons. The van der Waals surface area contributed by atoms with Gasteiger partial charge in [-0.25, -0.2) is 5.84 Å². The van der Waals surface area contributed by atoms with E-state index in [-0.39, 0.29) is 11.6 Å². The van der Waals surface area contributed by atoms with Gasteiger partial charge in [0, 0.05) is 13.2 Å². The number of anilines is 1. The van der Waals surface area contributed by atoms with Crippen molar-refractivity contribution in [3.63, 3.8) is 0 Å². The summed E-state index contributed by atoms with van der Waals surface area (Å²) in [6.45, 7) is 5.76. The Morgan fingerprint density at radius 3 is 2.78 bits per heavy atom. The number of rotatable bonds is 7. The molecule has 0 saturated heterocycles. The quantitative estimate of drug-likeness (QED) is 0.363. The zero-order valence-corrected chi connectivity index (χ0v) is 10.6. The van der Waals surface area contributed by atoms with Crippen molar-refractivity contribution in [3.05, 3.63) is 17.8 Å². The molecule has 1 rings (SSSR count). The van der Waals surface area contributed by atoms with E-state index in [2.05, 4.69) is 34.8 Å². The number of carbonyl (C=O) groups excluding carboxylic acids is 1. The Morgan fingerprint density at radius 1 is 1.44 bits per heavy atom. The fourth-order valence-corrected chi connectivity index (χ4v) is 1.18. The molecule has 7 heteroatoms. The number of hydrogen-bond donors (Lipinski definition) is 3. The van der Waals surface area contributed by atoms with Gasteiger partial charge in [-0.1, -0.05) is 13.8 Å². The van der Waals surface area contributed by atoms with E-state index in [1.54, 1.807) is 12.1 Å². The molecule has 1 aromatic heterocycles. The van der Waals surface area contributed by atoms with Gasteiger partial charge < -0.3 is 15.5 Å². The Balaban J connectivity index is 2.27. The Morgan fingerprint density at radius 2 is 2.22 bits per heavy atom. The van der Waals surface area contributed by atoms with E-state index in [1.807, 2.05) is 0 Å². The second kappa shape index (κ2) is 7.57. The molecule has 0 atom stereocenters. The number of hydrogen-bond acceptors (Lipinski definition) is 6. The molecule has 0 bridgehead atoms. The molecule has 100 valence electrons. The second-order valence-electron chi connectivity index (χ2n) is 4.17. The van der Waals surface area contributed by atoms with Crippen molar-refractivity contribution >= 4 is 11.7 Å². The molecule has 1 heterocycles. The van der Waals surface area contributed by atoms with E-state index < -0.39 is 0 Å². The Bertz CT molecular complexity index is 366. The van der Waals surface area contributed by atoms with Crippen LogP contribution in [0.4, 0.5) is 5.82 Å². The number of amides is 1. The number of carbonyl (C=O) groups is 1. The summed E-state index contributed by atoms with van der Waals surface area (Å²) in [6, 6.07) is 3.13. The van der Waals surface area contributed by atoms with Crippen LogP contribution in [0.2, 0.25) is 0 Å². The molecule has 1 amide bonds. The lowest BCUT2D eigenvalue weighted by Crippen LogP contribution is -2.28. The average molecular weight is 253 g/mol. The number of ether oxygens (including phenoxy) is 1. The van der Waals surface area contributed by atoms with Crippen molar-refractivity contribution in [2.75, 3.05) is 25.2 Å². The second-order valence-corrected chi connectivity index (χ2v) is 4.17. The number of nitrogens with zero attached hydrogens (tertiary/aromatic N) is 2. The van der Waals surface area contributed by atoms with Gasteiger partial charge in [-0.2, -0.15) is 0 Å².